The highest BCUT2D eigenvalue weighted by molar-refractivity contribution is 6.32. The van der Waals surface area contributed by atoms with Crippen LogP contribution in [0, 0.1) is 11.6 Å². The molecule has 0 radical (unpaired) electrons. The molecule has 2 rings (SSSR count). The predicted molar refractivity (Wildman–Crippen MR) is 66.2 cm³/mol. The Labute approximate surface area is 107 Å². The molecule has 2 aromatic rings. The Hall–Kier alpha value is -1.95. The van der Waals surface area contributed by atoms with E-state index in [9.17, 15) is 8.78 Å². The van der Waals surface area contributed by atoms with Crippen LogP contribution in [0.1, 0.15) is 0 Å². The molecule has 1 aromatic carbocycles. The first-order valence-corrected chi connectivity index (χ1v) is 5.40. The molecular weight excluding hydrogens is 262 g/mol. The number of aromatic nitrogens is 2. The summed E-state index contributed by atoms with van der Waals surface area (Å²) in [6.45, 7) is 0. The molecule has 0 aliphatic heterocycles. The minimum Gasteiger partial charge on any atom is -0.357 e. The summed E-state index contributed by atoms with van der Waals surface area (Å²) >= 11 is 5.86. The van der Waals surface area contributed by atoms with Crippen molar-refractivity contribution in [1.82, 2.24) is 9.97 Å². The highest BCUT2D eigenvalue weighted by Crippen LogP contribution is 2.25. The van der Waals surface area contributed by atoms with Gasteiger partial charge >= 0.3 is 0 Å². The number of hydrogen-bond donors (Lipinski definition) is 2. The summed E-state index contributed by atoms with van der Waals surface area (Å²) in [5.41, 5.74) is -0.0438. The molecule has 4 nitrogen and oxygen atoms in total. The third-order valence-corrected chi connectivity index (χ3v) is 2.43. The van der Waals surface area contributed by atoms with E-state index in [0.717, 1.165) is 18.2 Å². The zero-order chi connectivity index (χ0) is 13.1. The van der Waals surface area contributed by atoms with E-state index in [1.54, 1.807) is 7.05 Å². The lowest BCUT2D eigenvalue weighted by molar-refractivity contribution is 0.603. The van der Waals surface area contributed by atoms with E-state index in [1.807, 2.05) is 0 Å². The second kappa shape index (κ2) is 5.14. The van der Waals surface area contributed by atoms with Crippen LogP contribution < -0.4 is 10.6 Å². The number of nitrogens with one attached hydrogen (secondary N) is 2. The Bertz CT molecular complexity index is 577. The van der Waals surface area contributed by atoms with Gasteiger partial charge in [-0.15, -0.1) is 0 Å². The minimum atomic E-state index is -0.600. The van der Waals surface area contributed by atoms with Gasteiger partial charge in [0.15, 0.2) is 5.82 Å². The van der Waals surface area contributed by atoms with Gasteiger partial charge < -0.3 is 10.6 Å². The van der Waals surface area contributed by atoms with Crippen molar-refractivity contribution in [3.63, 3.8) is 0 Å². The summed E-state index contributed by atoms with van der Waals surface area (Å²) in [6, 6.07) is 3.07. The van der Waals surface area contributed by atoms with Crippen LogP contribution in [0.2, 0.25) is 5.02 Å². The van der Waals surface area contributed by atoms with Gasteiger partial charge in [-0.3, -0.25) is 0 Å². The fourth-order valence-electron chi connectivity index (χ4n) is 1.30. The van der Waals surface area contributed by atoms with E-state index in [1.165, 1.54) is 6.20 Å². The Morgan fingerprint density at radius 2 is 2.06 bits per heavy atom. The normalized spacial score (nSPS) is 10.2. The van der Waals surface area contributed by atoms with Crippen molar-refractivity contribution in [2.45, 2.75) is 0 Å². The Kier molecular flexibility index (Phi) is 3.57. The highest BCUT2D eigenvalue weighted by Gasteiger charge is 2.09. The van der Waals surface area contributed by atoms with Crippen LogP contribution in [-0.4, -0.2) is 17.0 Å². The molecule has 2 N–H and O–H groups in total. The molecule has 18 heavy (non-hydrogen) atoms. The van der Waals surface area contributed by atoms with Crippen molar-refractivity contribution in [3.8, 4) is 0 Å². The fraction of sp³-hybridized carbons (Fsp3) is 0.0909. The number of hydrogen-bond acceptors (Lipinski definition) is 4. The molecule has 0 saturated carbocycles. The maximum Gasteiger partial charge on any atom is 0.224 e. The van der Waals surface area contributed by atoms with Crippen LogP contribution in [0.3, 0.4) is 0 Å². The summed E-state index contributed by atoms with van der Waals surface area (Å²) in [4.78, 5) is 7.88. The van der Waals surface area contributed by atoms with E-state index in [4.69, 9.17) is 11.6 Å². The van der Waals surface area contributed by atoms with E-state index < -0.39 is 11.6 Å². The average Bonchev–Trinajstić information content (AvgIpc) is 2.36. The van der Waals surface area contributed by atoms with Gasteiger partial charge in [0.2, 0.25) is 5.95 Å². The van der Waals surface area contributed by atoms with Crippen LogP contribution in [0.25, 0.3) is 0 Å². The molecular formula is C11H9ClF2N4. The number of benzene rings is 1. The summed E-state index contributed by atoms with van der Waals surface area (Å²) in [5, 5.41) is 5.54. The van der Waals surface area contributed by atoms with Crippen molar-refractivity contribution < 1.29 is 8.78 Å². The number of rotatable bonds is 3. The maximum atomic E-state index is 13.4. The van der Waals surface area contributed by atoms with Crippen LogP contribution in [0.5, 0.6) is 0 Å². The molecule has 0 amide bonds. The second-order valence-corrected chi connectivity index (χ2v) is 3.80. The van der Waals surface area contributed by atoms with Crippen molar-refractivity contribution in [1.29, 1.82) is 0 Å². The van der Waals surface area contributed by atoms with E-state index in [0.29, 0.717) is 5.95 Å². The zero-order valence-electron chi connectivity index (χ0n) is 9.34. The van der Waals surface area contributed by atoms with E-state index in [-0.39, 0.29) is 16.5 Å². The molecule has 0 saturated heterocycles. The summed E-state index contributed by atoms with van der Waals surface area (Å²) in [5.74, 6) is -0.644. The van der Waals surface area contributed by atoms with Crippen molar-refractivity contribution >= 4 is 29.1 Å². The third-order valence-electron chi connectivity index (χ3n) is 2.15. The smallest absolute Gasteiger partial charge is 0.224 e. The lowest BCUT2D eigenvalue weighted by atomic mass is 10.3. The maximum absolute atomic E-state index is 13.4. The first kappa shape index (κ1) is 12.5. The first-order chi connectivity index (χ1) is 8.60. The molecule has 1 heterocycles. The van der Waals surface area contributed by atoms with Crippen LogP contribution in [0.4, 0.5) is 26.2 Å². The zero-order valence-corrected chi connectivity index (χ0v) is 10.1. The summed E-state index contributed by atoms with van der Waals surface area (Å²) in [7, 11) is 1.63. The van der Waals surface area contributed by atoms with Gasteiger partial charge in [-0.1, -0.05) is 11.6 Å². The monoisotopic (exact) mass is 270 g/mol. The summed E-state index contributed by atoms with van der Waals surface area (Å²) in [6.07, 6.45) is 1.36. The third kappa shape index (κ3) is 2.65. The number of nitrogens with zero attached hydrogens (tertiary/aromatic N) is 2. The van der Waals surface area contributed by atoms with Gasteiger partial charge in [-0.2, -0.15) is 4.98 Å². The fourth-order valence-corrected chi connectivity index (χ4v) is 1.43. The predicted octanol–water partition coefficient (Wildman–Crippen LogP) is 3.19. The topological polar surface area (TPSA) is 49.8 Å². The van der Waals surface area contributed by atoms with Gasteiger partial charge in [0, 0.05) is 13.1 Å². The molecule has 0 aliphatic rings. The van der Waals surface area contributed by atoms with Crippen molar-refractivity contribution in [2.75, 3.05) is 17.7 Å². The van der Waals surface area contributed by atoms with Crippen LogP contribution >= 0.6 is 11.6 Å². The lowest BCUT2D eigenvalue weighted by Gasteiger charge is -2.09. The number of halogens is 3. The molecule has 7 heteroatoms. The standard InChI is InChI=1S/C11H9ClF2N4/c1-15-11-16-5-7(12)10(18-11)17-9-4-6(13)2-3-8(9)14/h2-5H,1H3,(H2,15,16,17,18). The quantitative estimate of drug-likeness (QED) is 0.899. The molecule has 0 unspecified atom stereocenters. The molecule has 94 valence electrons. The molecule has 0 spiro atoms. The van der Waals surface area contributed by atoms with Gasteiger partial charge in [-0.25, -0.2) is 13.8 Å². The van der Waals surface area contributed by atoms with Crippen LogP contribution in [0.15, 0.2) is 24.4 Å². The first-order valence-electron chi connectivity index (χ1n) is 5.02. The highest BCUT2D eigenvalue weighted by atomic mass is 35.5. The molecule has 0 aliphatic carbocycles. The van der Waals surface area contributed by atoms with E-state index >= 15 is 0 Å². The minimum absolute atomic E-state index is 0.0438. The van der Waals surface area contributed by atoms with Crippen LogP contribution in [-0.2, 0) is 0 Å². The van der Waals surface area contributed by atoms with Crippen molar-refractivity contribution in [3.05, 3.63) is 41.1 Å². The second-order valence-electron chi connectivity index (χ2n) is 3.39. The molecule has 0 bridgehead atoms. The van der Waals surface area contributed by atoms with Gasteiger partial charge in [0.25, 0.3) is 0 Å². The molecule has 1 aromatic heterocycles. The van der Waals surface area contributed by atoms with Gasteiger partial charge in [-0.05, 0) is 12.1 Å². The molecule has 0 fully saturated rings. The SMILES string of the molecule is CNc1ncc(Cl)c(Nc2cc(F)ccc2F)n1. The van der Waals surface area contributed by atoms with Gasteiger partial charge in [0.05, 0.1) is 11.9 Å². The largest absolute Gasteiger partial charge is 0.357 e. The summed E-state index contributed by atoms with van der Waals surface area (Å²) < 4.78 is 26.4. The number of anilines is 3. The van der Waals surface area contributed by atoms with Gasteiger partial charge in [0.1, 0.15) is 16.7 Å². The van der Waals surface area contributed by atoms with E-state index in [2.05, 4.69) is 20.6 Å². The van der Waals surface area contributed by atoms with Crippen molar-refractivity contribution in [2.24, 2.45) is 0 Å². The Morgan fingerprint density at radius 1 is 1.28 bits per heavy atom. The lowest BCUT2D eigenvalue weighted by Crippen LogP contribution is -2.02. The molecule has 0 atom stereocenters. The average molecular weight is 271 g/mol. The Morgan fingerprint density at radius 3 is 2.78 bits per heavy atom. The Balaban J connectivity index is 2.36.